The first kappa shape index (κ1) is 12.6. The van der Waals surface area contributed by atoms with Crippen LogP contribution < -0.4 is 0 Å². The van der Waals surface area contributed by atoms with Gasteiger partial charge in [0.25, 0.3) is 0 Å². The number of nitriles is 1. The van der Waals surface area contributed by atoms with Gasteiger partial charge < -0.3 is 4.90 Å². The number of nitrogens with zero attached hydrogens (tertiary/aromatic N) is 2. The first-order valence-electron chi connectivity index (χ1n) is 6.51. The average Bonchev–Trinajstić information content (AvgIpc) is 2.46. The van der Waals surface area contributed by atoms with Gasteiger partial charge in [0.15, 0.2) is 0 Å². The van der Waals surface area contributed by atoms with Crippen molar-refractivity contribution in [3.8, 4) is 6.07 Å². The molecule has 1 aromatic rings. The summed E-state index contributed by atoms with van der Waals surface area (Å²) in [4.78, 5) is 13.9. The summed E-state index contributed by atoms with van der Waals surface area (Å²) in [7, 11) is 0. The first-order chi connectivity index (χ1) is 8.79. The Balaban J connectivity index is 1.78. The van der Waals surface area contributed by atoms with E-state index >= 15 is 0 Å². The third-order valence-electron chi connectivity index (χ3n) is 3.50. The van der Waals surface area contributed by atoms with Crippen LogP contribution in [0, 0.1) is 17.2 Å². The summed E-state index contributed by atoms with van der Waals surface area (Å²) in [6.07, 6.45) is 3.03. The van der Waals surface area contributed by atoms with Crippen molar-refractivity contribution < 1.29 is 4.79 Å². The molecule has 0 bridgehead atoms. The maximum atomic E-state index is 12.0. The molecule has 1 aromatic carbocycles. The minimum atomic E-state index is 0.142. The molecule has 0 radical (unpaired) electrons. The monoisotopic (exact) mass is 242 g/mol. The largest absolute Gasteiger partial charge is 0.343 e. The van der Waals surface area contributed by atoms with Crippen LogP contribution in [0.3, 0.4) is 0 Å². The van der Waals surface area contributed by atoms with E-state index in [1.54, 1.807) is 0 Å². The van der Waals surface area contributed by atoms with Crippen LogP contribution in [0.2, 0.25) is 0 Å². The minimum absolute atomic E-state index is 0.142. The quantitative estimate of drug-likeness (QED) is 0.816. The molecule has 0 unspecified atom stereocenters. The van der Waals surface area contributed by atoms with Crippen molar-refractivity contribution in [2.45, 2.75) is 25.7 Å². The van der Waals surface area contributed by atoms with Crippen molar-refractivity contribution >= 4 is 5.91 Å². The summed E-state index contributed by atoms with van der Waals surface area (Å²) in [5, 5.41) is 8.81. The lowest BCUT2D eigenvalue weighted by molar-refractivity contribution is -0.132. The third-order valence-corrected chi connectivity index (χ3v) is 3.50. The van der Waals surface area contributed by atoms with Crippen LogP contribution in [0.15, 0.2) is 30.3 Å². The molecule has 1 fully saturated rings. The van der Waals surface area contributed by atoms with Gasteiger partial charge >= 0.3 is 0 Å². The summed E-state index contributed by atoms with van der Waals surface area (Å²) >= 11 is 0. The number of carbonyl (C=O) groups excluding carboxylic acids is 1. The third kappa shape index (κ3) is 3.33. The van der Waals surface area contributed by atoms with Crippen LogP contribution in [0.5, 0.6) is 0 Å². The van der Waals surface area contributed by atoms with Gasteiger partial charge in [0.2, 0.25) is 5.91 Å². The normalized spacial score (nSPS) is 16.3. The van der Waals surface area contributed by atoms with E-state index in [0.717, 1.165) is 32.4 Å². The molecule has 0 saturated carbocycles. The number of aryl methyl sites for hydroxylation is 1. The highest BCUT2D eigenvalue weighted by Crippen LogP contribution is 2.17. The topological polar surface area (TPSA) is 44.1 Å². The Morgan fingerprint density at radius 2 is 1.94 bits per heavy atom. The van der Waals surface area contributed by atoms with Gasteiger partial charge in [-0.15, -0.1) is 0 Å². The van der Waals surface area contributed by atoms with E-state index in [4.69, 9.17) is 5.26 Å². The van der Waals surface area contributed by atoms with Gasteiger partial charge in [-0.25, -0.2) is 0 Å². The summed E-state index contributed by atoms with van der Waals surface area (Å²) in [6, 6.07) is 12.4. The average molecular weight is 242 g/mol. The van der Waals surface area contributed by atoms with Crippen LogP contribution in [0.25, 0.3) is 0 Å². The molecule has 1 aliphatic heterocycles. The number of piperidine rings is 1. The van der Waals surface area contributed by atoms with Crippen molar-refractivity contribution in [1.29, 1.82) is 5.26 Å². The van der Waals surface area contributed by atoms with E-state index in [9.17, 15) is 4.79 Å². The van der Waals surface area contributed by atoms with Crippen molar-refractivity contribution in [3.05, 3.63) is 35.9 Å². The molecule has 1 saturated heterocycles. The fraction of sp³-hybridized carbons (Fsp3) is 0.467. The van der Waals surface area contributed by atoms with E-state index in [2.05, 4.69) is 18.2 Å². The van der Waals surface area contributed by atoms with E-state index in [0.29, 0.717) is 6.42 Å². The number of likely N-dealkylation sites (tertiary alicyclic amines) is 1. The summed E-state index contributed by atoms with van der Waals surface area (Å²) in [5.41, 5.74) is 1.21. The second-order valence-electron chi connectivity index (χ2n) is 4.77. The Bertz CT molecular complexity index is 428. The predicted octanol–water partition coefficient (Wildman–Crippen LogP) is 2.38. The molecule has 0 N–H and O–H groups in total. The molecule has 1 aliphatic rings. The SMILES string of the molecule is N#CC1CCN(C(=O)CCc2ccccc2)CC1. The summed E-state index contributed by atoms with van der Waals surface area (Å²) in [5.74, 6) is 0.360. The van der Waals surface area contributed by atoms with Gasteiger partial charge in [-0.3, -0.25) is 4.79 Å². The smallest absolute Gasteiger partial charge is 0.222 e. The van der Waals surface area contributed by atoms with E-state index in [1.807, 2.05) is 23.1 Å². The zero-order valence-corrected chi connectivity index (χ0v) is 10.5. The highest BCUT2D eigenvalue weighted by Gasteiger charge is 2.21. The molecule has 2 rings (SSSR count). The lowest BCUT2D eigenvalue weighted by atomic mass is 9.98. The molecule has 3 nitrogen and oxygen atoms in total. The second-order valence-corrected chi connectivity index (χ2v) is 4.77. The van der Waals surface area contributed by atoms with Crippen LogP contribution >= 0.6 is 0 Å². The number of hydrogen-bond donors (Lipinski definition) is 0. The lowest BCUT2D eigenvalue weighted by Gasteiger charge is -2.29. The fourth-order valence-corrected chi connectivity index (χ4v) is 2.31. The Kier molecular flexibility index (Phi) is 4.35. The Morgan fingerprint density at radius 1 is 1.28 bits per heavy atom. The van der Waals surface area contributed by atoms with Crippen LogP contribution in [-0.4, -0.2) is 23.9 Å². The van der Waals surface area contributed by atoms with Crippen LogP contribution in [-0.2, 0) is 11.2 Å². The highest BCUT2D eigenvalue weighted by atomic mass is 16.2. The molecule has 0 spiro atoms. The van der Waals surface area contributed by atoms with Gasteiger partial charge in [0.05, 0.1) is 6.07 Å². The number of benzene rings is 1. The zero-order valence-electron chi connectivity index (χ0n) is 10.5. The van der Waals surface area contributed by atoms with Crippen molar-refractivity contribution in [3.63, 3.8) is 0 Å². The van der Waals surface area contributed by atoms with Gasteiger partial charge in [0.1, 0.15) is 0 Å². The molecule has 1 heterocycles. The molecule has 94 valence electrons. The first-order valence-corrected chi connectivity index (χ1v) is 6.51. The Labute approximate surface area is 108 Å². The summed E-state index contributed by atoms with van der Waals surface area (Å²) < 4.78 is 0. The van der Waals surface area contributed by atoms with Gasteiger partial charge in [0, 0.05) is 25.4 Å². The molecule has 1 amide bonds. The number of hydrogen-bond acceptors (Lipinski definition) is 2. The van der Waals surface area contributed by atoms with Crippen LogP contribution in [0.1, 0.15) is 24.8 Å². The Hall–Kier alpha value is -1.82. The molecule has 18 heavy (non-hydrogen) atoms. The number of amides is 1. The standard InChI is InChI=1S/C15H18N2O/c16-12-14-8-10-17(11-9-14)15(18)7-6-13-4-2-1-3-5-13/h1-5,14H,6-11H2. The zero-order chi connectivity index (χ0) is 12.8. The fourth-order valence-electron chi connectivity index (χ4n) is 2.31. The Morgan fingerprint density at radius 3 is 2.56 bits per heavy atom. The summed E-state index contributed by atoms with van der Waals surface area (Å²) in [6.45, 7) is 1.48. The van der Waals surface area contributed by atoms with Crippen molar-refractivity contribution in [2.24, 2.45) is 5.92 Å². The maximum Gasteiger partial charge on any atom is 0.222 e. The molecule has 0 aliphatic carbocycles. The lowest BCUT2D eigenvalue weighted by Crippen LogP contribution is -2.38. The van der Waals surface area contributed by atoms with E-state index in [1.165, 1.54) is 5.56 Å². The number of rotatable bonds is 3. The maximum absolute atomic E-state index is 12.0. The van der Waals surface area contributed by atoms with E-state index < -0.39 is 0 Å². The highest BCUT2D eigenvalue weighted by molar-refractivity contribution is 5.76. The molecule has 0 aromatic heterocycles. The van der Waals surface area contributed by atoms with E-state index in [-0.39, 0.29) is 11.8 Å². The molecular formula is C15H18N2O. The molecule has 3 heteroatoms. The molecule has 0 atom stereocenters. The van der Waals surface area contributed by atoms with Gasteiger partial charge in [-0.05, 0) is 24.8 Å². The van der Waals surface area contributed by atoms with Crippen molar-refractivity contribution in [1.82, 2.24) is 4.90 Å². The van der Waals surface area contributed by atoms with Crippen molar-refractivity contribution in [2.75, 3.05) is 13.1 Å². The van der Waals surface area contributed by atoms with Gasteiger partial charge in [-0.2, -0.15) is 5.26 Å². The second kappa shape index (κ2) is 6.20. The predicted molar refractivity (Wildman–Crippen MR) is 69.7 cm³/mol. The van der Waals surface area contributed by atoms with Gasteiger partial charge in [-0.1, -0.05) is 30.3 Å². The van der Waals surface area contributed by atoms with Crippen LogP contribution in [0.4, 0.5) is 0 Å². The molecular weight excluding hydrogens is 224 g/mol. The number of carbonyl (C=O) groups is 1. The minimum Gasteiger partial charge on any atom is -0.343 e.